The highest BCUT2D eigenvalue weighted by Gasteiger charge is 2.43. The average Bonchev–Trinajstić information content (AvgIpc) is 3.03. The highest BCUT2D eigenvalue weighted by molar-refractivity contribution is 7.99. The van der Waals surface area contributed by atoms with Gasteiger partial charge in [0.15, 0.2) is 18.1 Å². The van der Waals surface area contributed by atoms with Gasteiger partial charge in [-0.3, -0.25) is 4.79 Å². The molecule has 1 aliphatic heterocycles. The Labute approximate surface area is 145 Å². The van der Waals surface area contributed by atoms with E-state index in [-0.39, 0.29) is 6.61 Å². The van der Waals surface area contributed by atoms with Crippen LogP contribution in [0.15, 0.2) is 24.3 Å². The van der Waals surface area contributed by atoms with Crippen molar-refractivity contribution in [2.24, 2.45) is 0 Å². The van der Waals surface area contributed by atoms with Gasteiger partial charge in [0.05, 0.1) is 7.11 Å². The molecule has 1 amide bonds. The summed E-state index contributed by atoms with van der Waals surface area (Å²) < 4.78 is 10.8. The summed E-state index contributed by atoms with van der Waals surface area (Å²) in [6.45, 7) is 1.65. The van der Waals surface area contributed by atoms with E-state index in [4.69, 9.17) is 9.47 Å². The number of carbonyl (C=O) groups excluding carboxylic acids is 1. The summed E-state index contributed by atoms with van der Waals surface area (Å²) in [6.07, 6.45) is 4.25. The lowest BCUT2D eigenvalue weighted by atomic mass is 9.99. The molecule has 0 saturated carbocycles. The predicted molar refractivity (Wildman–Crippen MR) is 93.6 cm³/mol. The SMILES string of the molecule is C/C=C/c1ccc(OCC(=O)NC2(C(=O)O)CCSC2)c(OC)c1. The minimum absolute atomic E-state index is 0.265. The van der Waals surface area contributed by atoms with E-state index in [1.807, 2.05) is 25.1 Å². The fourth-order valence-electron chi connectivity index (χ4n) is 2.43. The molecule has 130 valence electrons. The molecule has 2 N–H and O–H groups in total. The van der Waals surface area contributed by atoms with Crippen molar-refractivity contribution in [2.75, 3.05) is 25.2 Å². The molecule has 2 rings (SSSR count). The number of ether oxygens (including phenoxy) is 2. The molecule has 24 heavy (non-hydrogen) atoms. The molecule has 0 bridgehead atoms. The molecule has 7 heteroatoms. The summed E-state index contributed by atoms with van der Waals surface area (Å²) >= 11 is 1.52. The van der Waals surface area contributed by atoms with Crippen molar-refractivity contribution < 1.29 is 24.2 Å². The van der Waals surface area contributed by atoms with Crippen LogP contribution in [-0.2, 0) is 9.59 Å². The monoisotopic (exact) mass is 351 g/mol. The standard InChI is InChI=1S/C17H21NO5S/c1-3-4-12-5-6-13(14(9-12)22-2)23-10-15(19)18-17(16(20)21)7-8-24-11-17/h3-6,9H,7-8,10-11H2,1-2H3,(H,18,19)(H,20,21)/b4-3+. The van der Waals surface area contributed by atoms with Crippen molar-refractivity contribution >= 4 is 29.7 Å². The Morgan fingerprint density at radius 1 is 1.42 bits per heavy atom. The van der Waals surface area contributed by atoms with Crippen molar-refractivity contribution in [3.8, 4) is 11.5 Å². The third-order valence-electron chi connectivity index (χ3n) is 3.72. The van der Waals surface area contributed by atoms with Crippen LogP contribution < -0.4 is 14.8 Å². The van der Waals surface area contributed by atoms with Gasteiger partial charge in [0.1, 0.15) is 5.54 Å². The van der Waals surface area contributed by atoms with Crippen LogP contribution in [0.4, 0.5) is 0 Å². The summed E-state index contributed by atoms with van der Waals surface area (Å²) in [5.74, 6) is 0.575. The predicted octanol–water partition coefficient (Wildman–Crippen LogP) is 2.18. The van der Waals surface area contributed by atoms with Gasteiger partial charge in [-0.05, 0) is 36.8 Å². The van der Waals surface area contributed by atoms with E-state index in [9.17, 15) is 14.7 Å². The van der Waals surface area contributed by atoms with E-state index in [0.717, 1.165) is 5.56 Å². The quantitative estimate of drug-likeness (QED) is 0.783. The highest BCUT2D eigenvalue weighted by atomic mass is 32.2. The first-order chi connectivity index (χ1) is 11.5. The van der Waals surface area contributed by atoms with Crippen molar-refractivity contribution in [1.82, 2.24) is 5.32 Å². The van der Waals surface area contributed by atoms with Crippen LogP contribution in [0.3, 0.4) is 0 Å². The molecule has 1 heterocycles. The third-order valence-corrected chi connectivity index (χ3v) is 4.91. The van der Waals surface area contributed by atoms with E-state index in [2.05, 4.69) is 5.32 Å². The topological polar surface area (TPSA) is 84.9 Å². The van der Waals surface area contributed by atoms with Crippen LogP contribution in [0.5, 0.6) is 11.5 Å². The Kier molecular flexibility index (Phi) is 6.14. The normalized spacial score (nSPS) is 20.1. The molecule has 0 radical (unpaired) electrons. The summed E-state index contributed by atoms with van der Waals surface area (Å²) in [4.78, 5) is 23.5. The van der Waals surface area contributed by atoms with E-state index >= 15 is 0 Å². The van der Waals surface area contributed by atoms with Gasteiger partial charge >= 0.3 is 5.97 Å². The molecule has 1 aromatic carbocycles. The molecular formula is C17H21NO5S. The molecule has 1 fully saturated rings. The molecule has 1 aliphatic rings. The van der Waals surface area contributed by atoms with Gasteiger partial charge in [0.25, 0.3) is 5.91 Å². The number of carboxylic acids is 1. The number of benzene rings is 1. The Morgan fingerprint density at radius 2 is 2.21 bits per heavy atom. The number of amides is 1. The molecule has 1 aromatic rings. The number of hydrogen-bond donors (Lipinski definition) is 2. The van der Waals surface area contributed by atoms with Gasteiger partial charge in [-0.25, -0.2) is 4.79 Å². The van der Waals surface area contributed by atoms with Gasteiger partial charge < -0.3 is 19.9 Å². The van der Waals surface area contributed by atoms with Crippen molar-refractivity contribution in [3.05, 3.63) is 29.8 Å². The van der Waals surface area contributed by atoms with Crippen molar-refractivity contribution in [3.63, 3.8) is 0 Å². The maximum atomic E-state index is 12.1. The van der Waals surface area contributed by atoms with E-state index in [0.29, 0.717) is 29.4 Å². The zero-order valence-corrected chi connectivity index (χ0v) is 14.5. The van der Waals surface area contributed by atoms with Crippen LogP contribution in [0.25, 0.3) is 6.08 Å². The van der Waals surface area contributed by atoms with Crippen LogP contribution in [0.1, 0.15) is 18.9 Å². The zero-order valence-electron chi connectivity index (χ0n) is 13.7. The van der Waals surface area contributed by atoms with Gasteiger partial charge in [0, 0.05) is 5.75 Å². The van der Waals surface area contributed by atoms with E-state index in [1.54, 1.807) is 12.1 Å². The molecular weight excluding hydrogens is 330 g/mol. The molecule has 6 nitrogen and oxygen atoms in total. The number of methoxy groups -OCH3 is 1. The maximum Gasteiger partial charge on any atom is 0.330 e. The number of hydrogen-bond acceptors (Lipinski definition) is 5. The lowest BCUT2D eigenvalue weighted by molar-refractivity contribution is -0.146. The van der Waals surface area contributed by atoms with Crippen molar-refractivity contribution in [2.45, 2.75) is 18.9 Å². The number of allylic oxidation sites excluding steroid dienone is 1. The fraction of sp³-hybridized carbons (Fsp3) is 0.412. The second-order valence-electron chi connectivity index (χ2n) is 5.44. The molecule has 1 unspecified atom stereocenters. The van der Waals surface area contributed by atoms with Gasteiger partial charge in [-0.1, -0.05) is 18.2 Å². The average molecular weight is 351 g/mol. The lowest BCUT2D eigenvalue weighted by Crippen LogP contribution is -2.55. The molecule has 1 saturated heterocycles. The van der Waals surface area contributed by atoms with Crippen molar-refractivity contribution in [1.29, 1.82) is 0 Å². The van der Waals surface area contributed by atoms with Gasteiger partial charge in [0.2, 0.25) is 0 Å². The Hall–Kier alpha value is -2.15. The van der Waals surface area contributed by atoms with Gasteiger partial charge in [-0.2, -0.15) is 11.8 Å². The number of rotatable bonds is 7. The summed E-state index contributed by atoms with van der Waals surface area (Å²) in [5, 5.41) is 12.0. The van der Waals surface area contributed by atoms with Crippen LogP contribution in [0.2, 0.25) is 0 Å². The maximum absolute atomic E-state index is 12.1. The Bertz CT molecular complexity index is 638. The first-order valence-electron chi connectivity index (χ1n) is 7.56. The molecule has 0 aromatic heterocycles. The summed E-state index contributed by atoms with van der Waals surface area (Å²) in [6, 6.07) is 5.38. The fourth-order valence-corrected chi connectivity index (χ4v) is 3.76. The number of carbonyl (C=O) groups is 2. The molecule has 1 atom stereocenters. The van der Waals surface area contributed by atoms with Crippen LogP contribution >= 0.6 is 11.8 Å². The minimum atomic E-state index is -1.19. The minimum Gasteiger partial charge on any atom is -0.493 e. The second kappa shape index (κ2) is 8.10. The smallest absolute Gasteiger partial charge is 0.330 e. The summed E-state index contributed by atoms with van der Waals surface area (Å²) in [5.41, 5.74) is -0.232. The molecule has 0 spiro atoms. The highest BCUT2D eigenvalue weighted by Crippen LogP contribution is 2.30. The van der Waals surface area contributed by atoms with Crippen LogP contribution in [-0.4, -0.2) is 47.7 Å². The number of carboxylic acid groups (broad SMARTS) is 1. The summed E-state index contributed by atoms with van der Waals surface area (Å²) in [7, 11) is 1.52. The number of nitrogens with one attached hydrogen (secondary N) is 1. The third kappa shape index (κ3) is 4.23. The van der Waals surface area contributed by atoms with Gasteiger partial charge in [-0.15, -0.1) is 0 Å². The Morgan fingerprint density at radius 3 is 2.79 bits per heavy atom. The first-order valence-corrected chi connectivity index (χ1v) is 8.72. The second-order valence-corrected chi connectivity index (χ2v) is 6.54. The molecule has 0 aliphatic carbocycles. The van der Waals surface area contributed by atoms with E-state index in [1.165, 1.54) is 18.9 Å². The number of thioether (sulfide) groups is 1. The number of aliphatic carboxylic acids is 1. The zero-order chi connectivity index (χ0) is 17.6. The first kappa shape index (κ1) is 18.2. The lowest BCUT2D eigenvalue weighted by Gasteiger charge is -2.24. The van der Waals surface area contributed by atoms with Crippen LogP contribution in [0, 0.1) is 0 Å². The largest absolute Gasteiger partial charge is 0.493 e. The van der Waals surface area contributed by atoms with E-state index < -0.39 is 17.4 Å². The Balaban J connectivity index is 2.00.